The number of carboxylic acid groups (broad SMARTS) is 1. The highest BCUT2D eigenvalue weighted by atomic mass is 32.1. The van der Waals surface area contributed by atoms with Crippen LogP contribution < -0.4 is 10.6 Å². The number of halogens is 3. The maximum atomic E-state index is 11.9. The topological polar surface area (TPSA) is 105 Å². The smallest absolute Gasteiger partial charge is 0.471 e. The molecule has 0 fully saturated rings. The van der Waals surface area contributed by atoms with Gasteiger partial charge in [0.2, 0.25) is 0 Å². The summed E-state index contributed by atoms with van der Waals surface area (Å²) in [6, 6.07) is -1.22. The van der Waals surface area contributed by atoms with Crippen molar-refractivity contribution in [1.82, 2.24) is 10.6 Å². The molecule has 0 aromatic rings. The van der Waals surface area contributed by atoms with Crippen LogP contribution in [0.4, 0.5) is 18.0 Å². The predicted molar refractivity (Wildman–Crippen MR) is 84.1 cm³/mol. The molecule has 11 heteroatoms. The van der Waals surface area contributed by atoms with Crippen molar-refractivity contribution in [2.24, 2.45) is 0 Å². The SMILES string of the molecule is CC(C)(C)OC(=O)N[C@@H](CCCCNC(=O)C(F)(F)F)C(=O)O.S. The third-order valence-corrected chi connectivity index (χ3v) is 2.45. The number of unbranched alkanes of at least 4 members (excludes halogenated alkanes) is 1. The molecule has 0 bridgehead atoms. The second-order valence-electron chi connectivity index (χ2n) is 5.79. The number of nitrogens with one attached hydrogen (secondary N) is 2. The fraction of sp³-hybridized carbons (Fsp3) is 0.769. The van der Waals surface area contributed by atoms with Crippen molar-refractivity contribution in [2.75, 3.05) is 6.54 Å². The third-order valence-electron chi connectivity index (χ3n) is 2.45. The first-order chi connectivity index (χ1) is 10.3. The number of ether oxygens (including phenoxy) is 1. The Bertz CT molecular complexity index is 438. The van der Waals surface area contributed by atoms with Gasteiger partial charge in [0.25, 0.3) is 0 Å². The van der Waals surface area contributed by atoms with Crippen molar-refractivity contribution < 1.29 is 37.4 Å². The first-order valence-corrected chi connectivity index (χ1v) is 6.90. The Morgan fingerprint density at radius 1 is 1.12 bits per heavy atom. The number of amides is 2. The number of aliphatic carboxylic acids is 1. The summed E-state index contributed by atoms with van der Waals surface area (Å²) in [6.07, 6.45) is -5.50. The first-order valence-electron chi connectivity index (χ1n) is 6.90. The van der Waals surface area contributed by atoms with Gasteiger partial charge in [0.15, 0.2) is 0 Å². The molecule has 7 nitrogen and oxygen atoms in total. The van der Waals surface area contributed by atoms with Gasteiger partial charge in [-0.3, -0.25) is 4.79 Å². The Morgan fingerprint density at radius 2 is 1.67 bits per heavy atom. The monoisotopic (exact) mass is 376 g/mol. The molecule has 0 aliphatic heterocycles. The number of carboxylic acids is 1. The van der Waals surface area contributed by atoms with E-state index in [9.17, 15) is 27.6 Å². The van der Waals surface area contributed by atoms with Crippen molar-refractivity contribution in [3.8, 4) is 0 Å². The number of carbonyl (C=O) groups excluding carboxylic acids is 2. The van der Waals surface area contributed by atoms with E-state index in [1.165, 1.54) is 0 Å². The Kier molecular flexibility index (Phi) is 10.5. The van der Waals surface area contributed by atoms with E-state index < -0.39 is 35.8 Å². The van der Waals surface area contributed by atoms with Gasteiger partial charge in [-0.1, -0.05) is 0 Å². The molecule has 0 unspecified atom stereocenters. The van der Waals surface area contributed by atoms with Gasteiger partial charge in [-0.15, -0.1) is 0 Å². The highest BCUT2D eigenvalue weighted by Gasteiger charge is 2.38. The molecule has 0 rings (SSSR count). The largest absolute Gasteiger partial charge is 0.480 e. The second-order valence-corrected chi connectivity index (χ2v) is 5.79. The Labute approximate surface area is 144 Å². The minimum Gasteiger partial charge on any atom is -0.480 e. The zero-order chi connectivity index (χ0) is 18.3. The van der Waals surface area contributed by atoms with E-state index in [4.69, 9.17) is 9.84 Å². The molecule has 0 aliphatic rings. The fourth-order valence-corrected chi connectivity index (χ4v) is 1.48. The molecular weight excluding hydrogens is 353 g/mol. The molecule has 0 saturated heterocycles. The Hall–Kier alpha value is -1.65. The van der Waals surface area contributed by atoms with E-state index in [1.54, 1.807) is 26.1 Å². The number of hydrogen-bond donors (Lipinski definition) is 3. The van der Waals surface area contributed by atoms with Gasteiger partial charge >= 0.3 is 24.1 Å². The quantitative estimate of drug-likeness (QED) is 0.589. The maximum Gasteiger partial charge on any atom is 0.471 e. The lowest BCUT2D eigenvalue weighted by molar-refractivity contribution is -0.173. The molecule has 24 heavy (non-hydrogen) atoms. The number of rotatable bonds is 7. The number of alkyl halides is 3. The fourth-order valence-electron chi connectivity index (χ4n) is 1.48. The van der Waals surface area contributed by atoms with Crippen LogP contribution in [0, 0.1) is 0 Å². The number of hydrogen-bond acceptors (Lipinski definition) is 4. The van der Waals surface area contributed by atoms with E-state index in [2.05, 4.69) is 5.32 Å². The van der Waals surface area contributed by atoms with E-state index in [-0.39, 0.29) is 39.3 Å². The molecule has 0 aromatic heterocycles. The first kappa shape index (κ1) is 24.6. The van der Waals surface area contributed by atoms with Gasteiger partial charge in [-0.2, -0.15) is 26.7 Å². The predicted octanol–water partition coefficient (Wildman–Crippen LogP) is 1.93. The molecule has 1 atom stereocenters. The molecule has 3 N–H and O–H groups in total. The zero-order valence-corrected chi connectivity index (χ0v) is 14.6. The summed E-state index contributed by atoms with van der Waals surface area (Å²) in [6.45, 7) is 4.61. The number of carbonyl (C=O) groups is 3. The molecule has 0 aromatic carbocycles. The minimum atomic E-state index is -4.94. The molecule has 0 radical (unpaired) electrons. The Morgan fingerprint density at radius 3 is 2.08 bits per heavy atom. The van der Waals surface area contributed by atoms with E-state index >= 15 is 0 Å². The highest BCUT2D eigenvalue weighted by Crippen LogP contribution is 2.14. The summed E-state index contributed by atoms with van der Waals surface area (Å²) in [5, 5.41) is 12.8. The van der Waals surface area contributed by atoms with E-state index in [0.717, 1.165) is 0 Å². The van der Waals surface area contributed by atoms with Crippen molar-refractivity contribution in [3.63, 3.8) is 0 Å². The van der Waals surface area contributed by atoms with Crippen LogP contribution >= 0.6 is 13.5 Å². The van der Waals surface area contributed by atoms with Crippen LogP contribution in [-0.4, -0.2) is 47.4 Å². The van der Waals surface area contributed by atoms with Crippen LogP contribution in [0.25, 0.3) is 0 Å². The van der Waals surface area contributed by atoms with E-state index in [1.807, 2.05) is 0 Å². The summed E-state index contributed by atoms with van der Waals surface area (Å²) < 4.78 is 40.7. The van der Waals surface area contributed by atoms with Gasteiger partial charge in [0, 0.05) is 6.54 Å². The lowest BCUT2D eigenvalue weighted by Crippen LogP contribution is -2.43. The summed E-state index contributed by atoms with van der Waals surface area (Å²) in [4.78, 5) is 33.0. The summed E-state index contributed by atoms with van der Waals surface area (Å²) >= 11 is 0. The van der Waals surface area contributed by atoms with Crippen molar-refractivity contribution in [2.45, 2.75) is 57.9 Å². The molecular formula is C13H23F3N2O5S. The van der Waals surface area contributed by atoms with Gasteiger partial charge in [0.1, 0.15) is 11.6 Å². The average molecular weight is 376 g/mol. The third kappa shape index (κ3) is 11.9. The van der Waals surface area contributed by atoms with Crippen molar-refractivity contribution in [1.29, 1.82) is 0 Å². The highest BCUT2D eigenvalue weighted by molar-refractivity contribution is 7.59. The average Bonchev–Trinajstić information content (AvgIpc) is 2.32. The van der Waals surface area contributed by atoms with Crippen LogP contribution in [0.15, 0.2) is 0 Å². The van der Waals surface area contributed by atoms with Crippen molar-refractivity contribution in [3.05, 3.63) is 0 Å². The van der Waals surface area contributed by atoms with Crippen LogP contribution in [0.1, 0.15) is 40.0 Å². The molecule has 2 amide bonds. The lowest BCUT2D eigenvalue weighted by Gasteiger charge is -2.22. The molecule has 0 saturated carbocycles. The lowest BCUT2D eigenvalue weighted by atomic mass is 10.1. The second kappa shape index (κ2) is 10.3. The van der Waals surface area contributed by atoms with Gasteiger partial charge in [-0.25, -0.2) is 9.59 Å². The van der Waals surface area contributed by atoms with Crippen LogP contribution in [0.3, 0.4) is 0 Å². The maximum absolute atomic E-state index is 11.9. The Balaban J connectivity index is 0. The normalized spacial score (nSPS) is 12.6. The molecule has 142 valence electrons. The standard InChI is InChI=1S/C13H21F3N2O5.H2S/c1-12(2,3)23-11(22)18-8(9(19)20)6-4-5-7-17-10(21)13(14,15)16;/h8H,4-7H2,1-3H3,(H,17,21)(H,18,22)(H,19,20);1H2/t8-;/m0./s1. The zero-order valence-electron chi connectivity index (χ0n) is 13.6. The number of alkyl carbamates (subject to hydrolysis) is 1. The van der Waals surface area contributed by atoms with Crippen LogP contribution in [0.2, 0.25) is 0 Å². The van der Waals surface area contributed by atoms with Crippen LogP contribution in [0.5, 0.6) is 0 Å². The molecule has 0 aliphatic carbocycles. The summed E-state index contributed by atoms with van der Waals surface area (Å²) in [5.41, 5.74) is -0.783. The van der Waals surface area contributed by atoms with Gasteiger partial charge in [-0.05, 0) is 40.0 Å². The van der Waals surface area contributed by atoms with E-state index in [0.29, 0.717) is 0 Å². The summed E-state index contributed by atoms with van der Waals surface area (Å²) in [7, 11) is 0. The molecule has 0 spiro atoms. The van der Waals surface area contributed by atoms with Gasteiger partial charge in [0.05, 0.1) is 0 Å². The van der Waals surface area contributed by atoms with Gasteiger partial charge < -0.3 is 20.5 Å². The molecule has 0 heterocycles. The summed E-state index contributed by atoms with van der Waals surface area (Å²) in [5.74, 6) is -3.32. The van der Waals surface area contributed by atoms with Crippen molar-refractivity contribution >= 4 is 31.5 Å². The minimum absolute atomic E-state index is 0. The van der Waals surface area contributed by atoms with Crippen LogP contribution in [-0.2, 0) is 14.3 Å².